The highest BCUT2D eigenvalue weighted by atomic mass is 16.3. The first-order chi connectivity index (χ1) is 6.58. The Morgan fingerprint density at radius 2 is 1.93 bits per heavy atom. The van der Waals surface area contributed by atoms with Gasteiger partial charge < -0.3 is 5.11 Å². The number of hydrogen-bond donors (Lipinski definition) is 1. The Bertz CT molecular complexity index is 189. The standard InChI is InChI=1S/C13H24O/c1-4-11(2)10-12(14)13(3)8-6-5-7-9-13/h12,14H,2,4-10H2,1,3H3. The van der Waals surface area contributed by atoms with E-state index in [1.807, 2.05) is 0 Å². The molecule has 0 amide bonds. The van der Waals surface area contributed by atoms with Crippen LogP contribution < -0.4 is 0 Å². The van der Waals surface area contributed by atoms with Gasteiger partial charge in [-0.3, -0.25) is 0 Å². The van der Waals surface area contributed by atoms with Crippen molar-refractivity contribution in [1.82, 2.24) is 0 Å². The van der Waals surface area contributed by atoms with Crippen molar-refractivity contribution in [2.24, 2.45) is 5.41 Å². The molecule has 0 radical (unpaired) electrons. The fraction of sp³-hybridized carbons (Fsp3) is 0.846. The molecule has 1 heteroatoms. The third kappa shape index (κ3) is 2.84. The molecule has 1 unspecified atom stereocenters. The van der Waals surface area contributed by atoms with Gasteiger partial charge >= 0.3 is 0 Å². The summed E-state index contributed by atoms with van der Waals surface area (Å²) >= 11 is 0. The predicted molar refractivity (Wildman–Crippen MR) is 61.2 cm³/mol. The second kappa shape index (κ2) is 4.97. The van der Waals surface area contributed by atoms with Crippen molar-refractivity contribution in [1.29, 1.82) is 0 Å². The number of aliphatic hydroxyl groups is 1. The van der Waals surface area contributed by atoms with Gasteiger partial charge in [0.05, 0.1) is 6.10 Å². The second-order valence-electron chi connectivity index (χ2n) is 5.04. The first-order valence-corrected chi connectivity index (χ1v) is 5.93. The second-order valence-corrected chi connectivity index (χ2v) is 5.04. The lowest BCUT2D eigenvalue weighted by Gasteiger charge is -2.38. The fourth-order valence-corrected chi connectivity index (χ4v) is 2.36. The summed E-state index contributed by atoms with van der Waals surface area (Å²) in [5, 5.41) is 10.2. The molecule has 82 valence electrons. The van der Waals surface area contributed by atoms with Crippen molar-refractivity contribution in [2.75, 3.05) is 0 Å². The number of aliphatic hydroxyl groups excluding tert-OH is 1. The van der Waals surface area contributed by atoms with E-state index in [-0.39, 0.29) is 11.5 Å². The highest BCUT2D eigenvalue weighted by Crippen LogP contribution is 2.40. The molecule has 0 aromatic rings. The highest BCUT2D eigenvalue weighted by molar-refractivity contribution is 4.99. The van der Waals surface area contributed by atoms with Crippen LogP contribution in [-0.4, -0.2) is 11.2 Å². The van der Waals surface area contributed by atoms with Gasteiger partial charge in [0, 0.05) is 0 Å². The van der Waals surface area contributed by atoms with Gasteiger partial charge in [0.2, 0.25) is 0 Å². The quantitative estimate of drug-likeness (QED) is 0.680. The number of hydrogen-bond acceptors (Lipinski definition) is 1. The van der Waals surface area contributed by atoms with E-state index in [1.54, 1.807) is 0 Å². The van der Waals surface area contributed by atoms with Crippen LogP contribution in [-0.2, 0) is 0 Å². The van der Waals surface area contributed by atoms with Gasteiger partial charge in [0.15, 0.2) is 0 Å². The summed E-state index contributed by atoms with van der Waals surface area (Å²) in [5.41, 5.74) is 1.35. The molecule has 1 N–H and O–H groups in total. The summed E-state index contributed by atoms with van der Waals surface area (Å²) in [6.45, 7) is 8.32. The van der Waals surface area contributed by atoms with Crippen LogP contribution in [0.4, 0.5) is 0 Å². The minimum Gasteiger partial charge on any atom is -0.392 e. The van der Waals surface area contributed by atoms with Crippen LogP contribution in [0.2, 0.25) is 0 Å². The fourth-order valence-electron chi connectivity index (χ4n) is 2.36. The molecule has 1 aliphatic carbocycles. The maximum absolute atomic E-state index is 10.2. The van der Waals surface area contributed by atoms with E-state index in [0.29, 0.717) is 0 Å². The maximum Gasteiger partial charge on any atom is 0.0630 e. The smallest absolute Gasteiger partial charge is 0.0630 e. The van der Waals surface area contributed by atoms with Crippen molar-refractivity contribution in [3.05, 3.63) is 12.2 Å². The lowest BCUT2D eigenvalue weighted by Crippen LogP contribution is -2.34. The zero-order valence-electron chi connectivity index (χ0n) is 9.68. The Morgan fingerprint density at radius 3 is 2.43 bits per heavy atom. The van der Waals surface area contributed by atoms with E-state index in [4.69, 9.17) is 0 Å². The lowest BCUT2D eigenvalue weighted by atomic mass is 9.70. The van der Waals surface area contributed by atoms with E-state index in [1.165, 1.54) is 37.7 Å². The van der Waals surface area contributed by atoms with E-state index in [0.717, 1.165) is 12.8 Å². The van der Waals surface area contributed by atoms with Crippen molar-refractivity contribution < 1.29 is 5.11 Å². The molecule has 1 fully saturated rings. The van der Waals surface area contributed by atoms with E-state index in [9.17, 15) is 5.11 Å². The summed E-state index contributed by atoms with van der Waals surface area (Å²) in [7, 11) is 0. The summed E-state index contributed by atoms with van der Waals surface area (Å²) < 4.78 is 0. The average Bonchev–Trinajstić information content (AvgIpc) is 2.18. The molecule has 1 rings (SSSR count). The molecule has 0 aromatic heterocycles. The minimum atomic E-state index is -0.171. The third-order valence-electron chi connectivity index (χ3n) is 3.78. The Morgan fingerprint density at radius 1 is 1.36 bits per heavy atom. The Balaban J connectivity index is 2.48. The topological polar surface area (TPSA) is 20.2 Å². The van der Waals surface area contributed by atoms with Gasteiger partial charge in [-0.25, -0.2) is 0 Å². The zero-order chi connectivity index (χ0) is 10.6. The van der Waals surface area contributed by atoms with Gasteiger partial charge in [-0.2, -0.15) is 0 Å². The van der Waals surface area contributed by atoms with Gasteiger partial charge in [0.1, 0.15) is 0 Å². The highest BCUT2D eigenvalue weighted by Gasteiger charge is 2.34. The average molecular weight is 196 g/mol. The Labute approximate surface area is 88.2 Å². The summed E-state index contributed by atoms with van der Waals surface area (Å²) in [4.78, 5) is 0. The molecule has 0 spiro atoms. The van der Waals surface area contributed by atoms with E-state index < -0.39 is 0 Å². The molecule has 0 bridgehead atoms. The molecule has 0 saturated heterocycles. The molecule has 14 heavy (non-hydrogen) atoms. The van der Waals surface area contributed by atoms with Gasteiger partial charge in [-0.15, -0.1) is 0 Å². The number of rotatable bonds is 4. The first kappa shape index (κ1) is 11.8. The molecule has 1 saturated carbocycles. The van der Waals surface area contributed by atoms with Crippen molar-refractivity contribution in [2.45, 2.75) is 64.9 Å². The molecule has 0 heterocycles. The van der Waals surface area contributed by atoms with Gasteiger partial charge in [-0.1, -0.05) is 45.3 Å². The molecular weight excluding hydrogens is 172 g/mol. The van der Waals surface area contributed by atoms with Gasteiger partial charge in [-0.05, 0) is 31.1 Å². The Kier molecular flexibility index (Phi) is 4.18. The van der Waals surface area contributed by atoms with Crippen LogP contribution in [0.15, 0.2) is 12.2 Å². The van der Waals surface area contributed by atoms with Crippen LogP contribution in [0, 0.1) is 5.41 Å². The summed E-state index contributed by atoms with van der Waals surface area (Å²) in [6.07, 6.45) is 7.90. The maximum atomic E-state index is 10.2. The summed E-state index contributed by atoms with van der Waals surface area (Å²) in [5.74, 6) is 0. The van der Waals surface area contributed by atoms with Crippen LogP contribution in [0.5, 0.6) is 0 Å². The summed E-state index contributed by atoms with van der Waals surface area (Å²) in [6, 6.07) is 0. The molecule has 1 nitrogen and oxygen atoms in total. The predicted octanol–water partition coefficient (Wildman–Crippen LogP) is 3.67. The molecule has 0 aliphatic heterocycles. The molecule has 1 atom stereocenters. The first-order valence-electron chi connectivity index (χ1n) is 5.93. The van der Waals surface area contributed by atoms with E-state index >= 15 is 0 Å². The normalized spacial score (nSPS) is 23.1. The van der Waals surface area contributed by atoms with Crippen molar-refractivity contribution >= 4 is 0 Å². The SMILES string of the molecule is C=C(CC)CC(O)C1(C)CCCCC1. The van der Waals surface area contributed by atoms with Crippen LogP contribution >= 0.6 is 0 Å². The van der Waals surface area contributed by atoms with Crippen LogP contribution in [0.1, 0.15) is 58.8 Å². The van der Waals surface area contributed by atoms with Crippen LogP contribution in [0.25, 0.3) is 0 Å². The Hall–Kier alpha value is -0.300. The van der Waals surface area contributed by atoms with Crippen molar-refractivity contribution in [3.63, 3.8) is 0 Å². The zero-order valence-corrected chi connectivity index (χ0v) is 9.68. The van der Waals surface area contributed by atoms with Crippen molar-refractivity contribution in [3.8, 4) is 0 Å². The van der Waals surface area contributed by atoms with Crippen LogP contribution in [0.3, 0.4) is 0 Å². The monoisotopic (exact) mass is 196 g/mol. The largest absolute Gasteiger partial charge is 0.392 e. The third-order valence-corrected chi connectivity index (χ3v) is 3.78. The molecule has 0 aromatic carbocycles. The molecule has 1 aliphatic rings. The van der Waals surface area contributed by atoms with Gasteiger partial charge in [0.25, 0.3) is 0 Å². The lowest BCUT2D eigenvalue weighted by molar-refractivity contribution is 0.0101. The molecular formula is C13H24O. The minimum absolute atomic E-state index is 0.163. The van der Waals surface area contributed by atoms with E-state index in [2.05, 4.69) is 20.4 Å².